The highest BCUT2D eigenvalue weighted by atomic mass is 35.5. The zero-order chi connectivity index (χ0) is 15.2. The smallest absolute Gasteiger partial charge is 0.0802 e. The second-order valence-corrected chi connectivity index (χ2v) is 6.48. The fourth-order valence-corrected chi connectivity index (χ4v) is 3.29. The van der Waals surface area contributed by atoms with E-state index in [0.717, 1.165) is 31.6 Å². The van der Waals surface area contributed by atoms with Crippen LogP contribution >= 0.6 is 11.6 Å². The quantitative estimate of drug-likeness (QED) is 0.838. The van der Waals surface area contributed by atoms with Crippen LogP contribution in [0.4, 0.5) is 0 Å². The van der Waals surface area contributed by atoms with Gasteiger partial charge in [0.25, 0.3) is 0 Å². The molecule has 2 rings (SSSR count). The highest BCUT2D eigenvalue weighted by molar-refractivity contribution is 6.30. The molecule has 4 heteroatoms. The molecule has 0 aromatic heterocycles. The monoisotopic (exact) mass is 310 g/mol. The maximum Gasteiger partial charge on any atom is 0.0802 e. The lowest BCUT2D eigenvalue weighted by molar-refractivity contribution is 0.137. The number of rotatable bonds is 7. The molecular weight excluding hydrogens is 284 g/mol. The topological polar surface area (TPSA) is 26.7 Å². The SMILES string of the molecule is CCN1CCCC1CN(C)CCC(O)c1ccc(Cl)cc1. The van der Waals surface area contributed by atoms with Gasteiger partial charge in [-0.1, -0.05) is 30.7 Å². The van der Waals surface area contributed by atoms with E-state index in [4.69, 9.17) is 11.6 Å². The molecule has 0 aliphatic carbocycles. The van der Waals surface area contributed by atoms with E-state index >= 15 is 0 Å². The van der Waals surface area contributed by atoms with E-state index in [0.29, 0.717) is 11.1 Å². The molecular formula is C17H27ClN2O. The van der Waals surface area contributed by atoms with Crippen molar-refractivity contribution in [2.45, 2.75) is 38.3 Å². The van der Waals surface area contributed by atoms with Gasteiger partial charge in [-0.05, 0) is 57.1 Å². The third kappa shape index (κ3) is 4.96. The summed E-state index contributed by atoms with van der Waals surface area (Å²) < 4.78 is 0. The number of hydrogen-bond acceptors (Lipinski definition) is 3. The average molecular weight is 311 g/mol. The number of aliphatic hydroxyl groups excluding tert-OH is 1. The summed E-state index contributed by atoms with van der Waals surface area (Å²) in [6.07, 6.45) is 2.98. The lowest BCUT2D eigenvalue weighted by atomic mass is 10.1. The first kappa shape index (κ1) is 16.8. The molecule has 2 atom stereocenters. The molecule has 0 spiro atoms. The van der Waals surface area contributed by atoms with Gasteiger partial charge in [-0.2, -0.15) is 0 Å². The van der Waals surface area contributed by atoms with Crippen molar-refractivity contribution in [3.05, 3.63) is 34.9 Å². The molecule has 3 nitrogen and oxygen atoms in total. The van der Waals surface area contributed by atoms with Gasteiger partial charge in [0.2, 0.25) is 0 Å². The number of benzene rings is 1. The molecule has 0 amide bonds. The van der Waals surface area contributed by atoms with E-state index in [2.05, 4.69) is 23.8 Å². The Kier molecular flexibility index (Phi) is 6.49. The van der Waals surface area contributed by atoms with Crippen LogP contribution in [0.2, 0.25) is 5.02 Å². The van der Waals surface area contributed by atoms with Gasteiger partial charge in [0.1, 0.15) is 0 Å². The number of aliphatic hydroxyl groups is 1. The molecule has 1 heterocycles. The third-order valence-electron chi connectivity index (χ3n) is 4.47. The summed E-state index contributed by atoms with van der Waals surface area (Å²) in [4.78, 5) is 4.91. The highest BCUT2D eigenvalue weighted by Crippen LogP contribution is 2.20. The van der Waals surface area contributed by atoms with E-state index in [1.165, 1.54) is 19.4 Å². The van der Waals surface area contributed by atoms with Crippen LogP contribution in [0.25, 0.3) is 0 Å². The Morgan fingerprint density at radius 3 is 2.76 bits per heavy atom. The van der Waals surface area contributed by atoms with Crippen molar-refractivity contribution < 1.29 is 5.11 Å². The van der Waals surface area contributed by atoms with Crippen LogP contribution in [0, 0.1) is 0 Å². The molecule has 21 heavy (non-hydrogen) atoms. The number of likely N-dealkylation sites (tertiary alicyclic amines) is 1. The molecule has 118 valence electrons. The van der Waals surface area contributed by atoms with Gasteiger partial charge in [0.05, 0.1) is 6.10 Å². The normalized spacial score (nSPS) is 21.1. The Hall–Kier alpha value is -0.610. The summed E-state index contributed by atoms with van der Waals surface area (Å²) >= 11 is 5.87. The summed E-state index contributed by atoms with van der Waals surface area (Å²) in [6, 6.07) is 8.17. The van der Waals surface area contributed by atoms with Crippen molar-refractivity contribution in [2.75, 3.05) is 33.2 Å². The van der Waals surface area contributed by atoms with Crippen LogP contribution in [-0.4, -0.2) is 54.2 Å². The lowest BCUT2D eigenvalue weighted by Gasteiger charge is -2.28. The average Bonchev–Trinajstić information content (AvgIpc) is 2.92. The van der Waals surface area contributed by atoms with Crippen LogP contribution < -0.4 is 0 Å². The molecule has 1 aliphatic rings. The van der Waals surface area contributed by atoms with Gasteiger partial charge in [-0.25, -0.2) is 0 Å². The van der Waals surface area contributed by atoms with Crippen LogP contribution in [0.15, 0.2) is 24.3 Å². The van der Waals surface area contributed by atoms with Crippen molar-refractivity contribution in [3.63, 3.8) is 0 Å². The molecule has 2 unspecified atom stereocenters. The largest absolute Gasteiger partial charge is 0.388 e. The summed E-state index contributed by atoms with van der Waals surface area (Å²) in [5.41, 5.74) is 0.948. The molecule has 1 N–H and O–H groups in total. The molecule has 1 saturated heterocycles. The van der Waals surface area contributed by atoms with Gasteiger partial charge in [0, 0.05) is 24.2 Å². The number of likely N-dealkylation sites (N-methyl/N-ethyl adjacent to an activating group) is 2. The van der Waals surface area contributed by atoms with Crippen molar-refractivity contribution >= 4 is 11.6 Å². The van der Waals surface area contributed by atoms with Crippen molar-refractivity contribution in [1.29, 1.82) is 0 Å². The van der Waals surface area contributed by atoms with Gasteiger partial charge < -0.3 is 10.0 Å². The molecule has 1 aromatic rings. The molecule has 1 aliphatic heterocycles. The van der Waals surface area contributed by atoms with Crippen LogP contribution in [0.3, 0.4) is 0 Å². The van der Waals surface area contributed by atoms with Gasteiger partial charge in [0.15, 0.2) is 0 Å². The van der Waals surface area contributed by atoms with E-state index in [9.17, 15) is 5.11 Å². The first-order valence-electron chi connectivity index (χ1n) is 7.96. The predicted octanol–water partition coefficient (Wildman–Crippen LogP) is 3.18. The first-order valence-corrected chi connectivity index (χ1v) is 8.34. The van der Waals surface area contributed by atoms with Gasteiger partial charge >= 0.3 is 0 Å². The zero-order valence-electron chi connectivity index (χ0n) is 13.1. The Morgan fingerprint density at radius 1 is 1.38 bits per heavy atom. The number of halogens is 1. The maximum absolute atomic E-state index is 10.2. The molecule has 0 bridgehead atoms. The Morgan fingerprint density at radius 2 is 2.10 bits per heavy atom. The van der Waals surface area contributed by atoms with Crippen LogP contribution in [0.1, 0.15) is 37.9 Å². The van der Waals surface area contributed by atoms with Gasteiger partial charge in [-0.15, -0.1) is 0 Å². The summed E-state index contributed by atoms with van der Waals surface area (Å²) in [6.45, 7) is 6.63. The lowest BCUT2D eigenvalue weighted by Crippen LogP contribution is -2.39. The van der Waals surface area contributed by atoms with Crippen molar-refractivity contribution in [1.82, 2.24) is 9.80 Å². The summed E-state index contributed by atoms with van der Waals surface area (Å²) in [5, 5.41) is 11.0. The van der Waals surface area contributed by atoms with Gasteiger partial charge in [-0.3, -0.25) is 4.90 Å². The second kappa shape index (κ2) is 8.14. The Bertz CT molecular complexity index is 423. The van der Waals surface area contributed by atoms with E-state index < -0.39 is 6.10 Å². The minimum Gasteiger partial charge on any atom is -0.388 e. The fraction of sp³-hybridized carbons (Fsp3) is 0.647. The minimum atomic E-state index is -0.407. The third-order valence-corrected chi connectivity index (χ3v) is 4.72. The van der Waals surface area contributed by atoms with Crippen molar-refractivity contribution in [2.24, 2.45) is 0 Å². The van der Waals surface area contributed by atoms with E-state index in [1.54, 1.807) is 0 Å². The number of nitrogens with zero attached hydrogens (tertiary/aromatic N) is 2. The molecule has 0 saturated carbocycles. The van der Waals surface area contributed by atoms with E-state index in [1.807, 2.05) is 24.3 Å². The maximum atomic E-state index is 10.2. The summed E-state index contributed by atoms with van der Waals surface area (Å²) in [7, 11) is 2.15. The molecule has 1 fully saturated rings. The first-order chi connectivity index (χ1) is 10.1. The van der Waals surface area contributed by atoms with Crippen LogP contribution in [0.5, 0.6) is 0 Å². The van der Waals surface area contributed by atoms with Crippen LogP contribution in [-0.2, 0) is 0 Å². The highest BCUT2D eigenvalue weighted by Gasteiger charge is 2.24. The van der Waals surface area contributed by atoms with Crippen molar-refractivity contribution in [3.8, 4) is 0 Å². The van der Waals surface area contributed by atoms with E-state index in [-0.39, 0.29) is 0 Å². The molecule has 0 radical (unpaired) electrons. The number of hydrogen-bond donors (Lipinski definition) is 1. The fourth-order valence-electron chi connectivity index (χ4n) is 3.16. The minimum absolute atomic E-state index is 0.407. The standard InChI is InChI=1S/C17H27ClN2O/c1-3-20-11-4-5-16(20)13-19(2)12-10-17(21)14-6-8-15(18)9-7-14/h6-9,16-17,21H,3-5,10-13H2,1-2H3. The Labute approximate surface area is 133 Å². The Balaban J connectivity index is 1.75. The summed E-state index contributed by atoms with van der Waals surface area (Å²) in [5.74, 6) is 0. The second-order valence-electron chi connectivity index (χ2n) is 6.04. The molecule has 1 aromatic carbocycles. The zero-order valence-corrected chi connectivity index (χ0v) is 13.9. The predicted molar refractivity (Wildman–Crippen MR) is 88.8 cm³/mol.